The van der Waals surface area contributed by atoms with Crippen LogP contribution in [0.5, 0.6) is 0 Å². The summed E-state index contributed by atoms with van der Waals surface area (Å²) in [7, 11) is -1.32. The lowest BCUT2D eigenvalue weighted by Gasteiger charge is -2.40. The number of rotatable bonds is 6. The minimum absolute atomic E-state index is 0.0275. The Morgan fingerprint density at radius 3 is 2.32 bits per heavy atom. The van der Waals surface area contributed by atoms with E-state index >= 15 is 0 Å². The number of carbonyl (C=O) groups excluding carboxylic acids is 2. The van der Waals surface area contributed by atoms with Gasteiger partial charge in [-0.1, -0.05) is 0 Å². The first-order valence-electron chi connectivity index (χ1n) is 11.4. The second kappa shape index (κ2) is 10.1. The lowest BCUT2D eigenvalue weighted by molar-refractivity contribution is -0.137. The maximum absolute atomic E-state index is 13.0. The average Bonchev–Trinajstić information content (AvgIpc) is 3.02. The molecule has 0 spiro atoms. The van der Waals surface area contributed by atoms with Gasteiger partial charge in [0.25, 0.3) is 0 Å². The van der Waals surface area contributed by atoms with Gasteiger partial charge in [0, 0.05) is 32.2 Å². The smallest absolute Gasteiger partial charge is 0.410 e. The molecule has 2 rings (SSSR count). The van der Waals surface area contributed by atoms with Gasteiger partial charge in [-0.05, 0) is 73.3 Å². The predicted molar refractivity (Wildman–Crippen MR) is 122 cm³/mol. The Hall–Kier alpha value is -1.35. The normalized spacial score (nSPS) is 25.3. The van der Waals surface area contributed by atoms with E-state index < -0.39 is 15.4 Å². The first-order chi connectivity index (χ1) is 14.2. The fourth-order valence-corrected chi connectivity index (χ4v) is 6.18. The van der Waals surface area contributed by atoms with Crippen LogP contribution in [0.25, 0.3) is 0 Å². The molecule has 0 bridgehead atoms. The molecule has 31 heavy (non-hydrogen) atoms. The van der Waals surface area contributed by atoms with Crippen LogP contribution < -0.4 is 0 Å². The fourth-order valence-electron chi connectivity index (χ4n) is 4.40. The Kier molecular flexibility index (Phi) is 8.41. The summed E-state index contributed by atoms with van der Waals surface area (Å²) in [5.74, 6) is 0.446. The molecule has 0 saturated carbocycles. The number of carbonyl (C=O) groups is 2. The quantitative estimate of drug-likeness (QED) is 0.606. The summed E-state index contributed by atoms with van der Waals surface area (Å²) in [6.45, 7) is 13.6. The standard InChI is InChI=1S/C22H41N3O5S/c1-16(2)25(21(27)30-22(4,5)6)14-18-9-8-11-24(13-18)17(3)20(26)23(7)19-10-12-31(28,29)15-19/h16-19H,8-15H2,1-7H3. The number of piperidine rings is 1. The highest BCUT2D eigenvalue weighted by atomic mass is 32.2. The molecule has 0 aromatic heterocycles. The molecule has 8 nitrogen and oxygen atoms in total. The van der Waals surface area contributed by atoms with Crippen molar-refractivity contribution in [3.05, 3.63) is 0 Å². The maximum atomic E-state index is 13.0. The molecule has 2 fully saturated rings. The molecule has 0 radical (unpaired) electrons. The molecule has 180 valence electrons. The van der Waals surface area contributed by atoms with Crippen LogP contribution in [0.2, 0.25) is 0 Å². The number of sulfone groups is 1. The Morgan fingerprint density at radius 2 is 1.81 bits per heavy atom. The van der Waals surface area contributed by atoms with Gasteiger partial charge in [-0.3, -0.25) is 9.69 Å². The summed E-state index contributed by atoms with van der Waals surface area (Å²) >= 11 is 0. The van der Waals surface area contributed by atoms with Gasteiger partial charge in [0.05, 0.1) is 17.5 Å². The zero-order valence-corrected chi connectivity index (χ0v) is 21.1. The van der Waals surface area contributed by atoms with Crippen molar-refractivity contribution < 1.29 is 22.7 Å². The zero-order chi connectivity index (χ0) is 23.6. The number of nitrogens with zero attached hydrogens (tertiary/aromatic N) is 3. The van der Waals surface area contributed by atoms with Crippen molar-refractivity contribution >= 4 is 21.8 Å². The molecule has 2 amide bonds. The van der Waals surface area contributed by atoms with Gasteiger partial charge in [-0.25, -0.2) is 13.2 Å². The summed E-state index contributed by atoms with van der Waals surface area (Å²) in [6.07, 6.45) is 2.18. The van der Waals surface area contributed by atoms with E-state index in [2.05, 4.69) is 4.90 Å². The molecule has 3 atom stereocenters. The Balaban J connectivity index is 1.98. The van der Waals surface area contributed by atoms with E-state index in [0.29, 0.717) is 13.0 Å². The van der Waals surface area contributed by atoms with Crippen LogP contribution in [-0.2, 0) is 19.4 Å². The third-order valence-electron chi connectivity index (χ3n) is 6.27. The van der Waals surface area contributed by atoms with Gasteiger partial charge in [-0.2, -0.15) is 0 Å². The monoisotopic (exact) mass is 459 g/mol. The van der Waals surface area contributed by atoms with Crippen LogP contribution in [-0.4, -0.2) is 97.0 Å². The van der Waals surface area contributed by atoms with Crippen molar-refractivity contribution in [3.63, 3.8) is 0 Å². The largest absolute Gasteiger partial charge is 0.444 e. The van der Waals surface area contributed by atoms with Gasteiger partial charge < -0.3 is 14.5 Å². The molecule has 2 saturated heterocycles. The molecular weight excluding hydrogens is 418 g/mol. The third-order valence-corrected chi connectivity index (χ3v) is 8.02. The Bertz CT molecular complexity index is 747. The second-order valence-corrected chi connectivity index (χ2v) is 12.6. The van der Waals surface area contributed by atoms with Gasteiger partial charge in [0.15, 0.2) is 9.84 Å². The lowest BCUT2D eigenvalue weighted by Crippen LogP contribution is -2.53. The third kappa shape index (κ3) is 7.34. The number of amides is 2. The minimum atomic E-state index is -3.03. The Labute approximate surface area is 188 Å². The van der Waals surface area contributed by atoms with Crippen molar-refractivity contribution in [3.8, 4) is 0 Å². The van der Waals surface area contributed by atoms with E-state index in [9.17, 15) is 18.0 Å². The number of ether oxygens (including phenoxy) is 1. The molecule has 9 heteroatoms. The van der Waals surface area contributed by atoms with E-state index in [1.165, 1.54) is 0 Å². The van der Waals surface area contributed by atoms with E-state index in [4.69, 9.17) is 4.74 Å². The van der Waals surface area contributed by atoms with E-state index in [0.717, 1.165) is 25.9 Å². The SMILES string of the molecule is CC(C(=O)N(C)C1CCS(=O)(=O)C1)N1CCCC(CN(C(=O)OC(C)(C)C)C(C)C)C1. The molecule has 0 aliphatic carbocycles. The molecular formula is C22H41N3O5S. The highest BCUT2D eigenvalue weighted by Crippen LogP contribution is 2.24. The fraction of sp³-hybridized carbons (Fsp3) is 0.909. The number of hydrogen-bond acceptors (Lipinski definition) is 6. The van der Waals surface area contributed by atoms with Crippen molar-refractivity contribution in [2.24, 2.45) is 5.92 Å². The molecule has 3 unspecified atom stereocenters. The number of hydrogen-bond donors (Lipinski definition) is 0. The van der Waals surface area contributed by atoms with Crippen LogP contribution >= 0.6 is 0 Å². The van der Waals surface area contributed by atoms with Gasteiger partial charge in [0.1, 0.15) is 5.60 Å². The second-order valence-electron chi connectivity index (χ2n) is 10.4. The summed E-state index contributed by atoms with van der Waals surface area (Å²) in [4.78, 5) is 31.3. The van der Waals surface area contributed by atoms with Gasteiger partial charge >= 0.3 is 6.09 Å². The highest BCUT2D eigenvalue weighted by molar-refractivity contribution is 7.91. The molecule has 2 aliphatic heterocycles. The lowest BCUT2D eigenvalue weighted by atomic mass is 9.95. The molecule has 2 heterocycles. The van der Waals surface area contributed by atoms with Crippen molar-refractivity contribution in [2.45, 2.75) is 84.5 Å². The predicted octanol–water partition coefficient (Wildman–Crippen LogP) is 2.38. The van der Waals surface area contributed by atoms with Crippen LogP contribution in [0.4, 0.5) is 4.79 Å². The van der Waals surface area contributed by atoms with Crippen molar-refractivity contribution in [1.82, 2.24) is 14.7 Å². The van der Waals surface area contributed by atoms with Gasteiger partial charge in [-0.15, -0.1) is 0 Å². The topological polar surface area (TPSA) is 87.2 Å². The van der Waals surface area contributed by atoms with E-state index in [1.807, 2.05) is 41.5 Å². The van der Waals surface area contributed by atoms with Crippen LogP contribution in [0.3, 0.4) is 0 Å². The highest BCUT2D eigenvalue weighted by Gasteiger charge is 2.37. The molecule has 0 N–H and O–H groups in total. The van der Waals surface area contributed by atoms with Crippen molar-refractivity contribution in [2.75, 3.05) is 38.2 Å². The average molecular weight is 460 g/mol. The molecule has 0 aromatic rings. The van der Waals surface area contributed by atoms with E-state index in [1.54, 1.807) is 16.8 Å². The number of likely N-dealkylation sites (tertiary alicyclic amines) is 1. The van der Waals surface area contributed by atoms with Crippen LogP contribution in [0.15, 0.2) is 0 Å². The summed E-state index contributed by atoms with van der Waals surface area (Å²) in [6, 6.07) is -0.519. The molecule has 2 aliphatic rings. The van der Waals surface area contributed by atoms with E-state index in [-0.39, 0.29) is 47.5 Å². The Morgan fingerprint density at radius 1 is 1.16 bits per heavy atom. The zero-order valence-electron chi connectivity index (χ0n) is 20.3. The van der Waals surface area contributed by atoms with Crippen molar-refractivity contribution in [1.29, 1.82) is 0 Å². The number of likely N-dealkylation sites (N-methyl/N-ethyl adjacent to an activating group) is 1. The van der Waals surface area contributed by atoms with Gasteiger partial charge in [0.2, 0.25) is 5.91 Å². The summed E-state index contributed by atoms with van der Waals surface area (Å²) in [5.41, 5.74) is -0.540. The maximum Gasteiger partial charge on any atom is 0.410 e. The first kappa shape index (κ1) is 25.9. The summed E-state index contributed by atoms with van der Waals surface area (Å²) in [5, 5.41) is 0. The van der Waals surface area contributed by atoms with Crippen LogP contribution in [0.1, 0.15) is 60.8 Å². The molecule has 0 aromatic carbocycles. The minimum Gasteiger partial charge on any atom is -0.444 e. The first-order valence-corrected chi connectivity index (χ1v) is 13.2. The van der Waals surface area contributed by atoms with Crippen LogP contribution in [0, 0.1) is 5.92 Å². The summed E-state index contributed by atoms with van der Waals surface area (Å²) < 4.78 is 29.2.